The molecule has 0 amide bonds. The number of hydrogen-bond acceptors (Lipinski definition) is 0. The number of hydrogen-bond donors (Lipinski definition) is 0. The third-order valence-electron chi connectivity index (χ3n) is 3.01. The van der Waals surface area contributed by atoms with Crippen molar-refractivity contribution in [3.8, 4) is 0 Å². The van der Waals surface area contributed by atoms with Gasteiger partial charge in [-0.05, 0) is 61.1 Å². The summed E-state index contributed by atoms with van der Waals surface area (Å²) in [7, 11) is 0. The number of benzene rings is 2. The zero-order chi connectivity index (χ0) is 12.8. The van der Waals surface area contributed by atoms with Gasteiger partial charge in [-0.25, -0.2) is 0 Å². The molecule has 0 aliphatic carbocycles. The Morgan fingerprint density at radius 2 is 0.889 bits per heavy atom. The highest BCUT2D eigenvalue weighted by Crippen LogP contribution is 2.14. The molecule has 0 saturated heterocycles. The van der Waals surface area contributed by atoms with Crippen LogP contribution in [0, 0.1) is 0 Å². The smallest absolute Gasteiger partial charge is 0.0406 e. The summed E-state index contributed by atoms with van der Waals surface area (Å²) in [4.78, 5) is 0. The van der Waals surface area contributed by atoms with Crippen molar-refractivity contribution in [1.82, 2.24) is 0 Å². The van der Waals surface area contributed by atoms with Crippen LogP contribution in [0.25, 0.3) is 0 Å². The molecule has 94 valence electrons. The van der Waals surface area contributed by atoms with E-state index in [1.807, 2.05) is 24.3 Å². The lowest BCUT2D eigenvalue weighted by molar-refractivity contribution is 0.734. The largest absolute Gasteiger partial charge is 0.0843 e. The van der Waals surface area contributed by atoms with Gasteiger partial charge >= 0.3 is 0 Å². The first-order valence-corrected chi connectivity index (χ1v) is 6.98. The van der Waals surface area contributed by atoms with Gasteiger partial charge in [0.05, 0.1) is 0 Å². The van der Waals surface area contributed by atoms with Crippen molar-refractivity contribution in [3.05, 3.63) is 69.7 Å². The van der Waals surface area contributed by atoms with Gasteiger partial charge in [-0.3, -0.25) is 0 Å². The zero-order valence-corrected chi connectivity index (χ0v) is 11.7. The van der Waals surface area contributed by atoms with Gasteiger partial charge in [-0.1, -0.05) is 47.5 Å². The van der Waals surface area contributed by atoms with Gasteiger partial charge in [-0.2, -0.15) is 0 Å². The van der Waals surface area contributed by atoms with Crippen LogP contribution in [0.3, 0.4) is 0 Å². The molecule has 0 nitrogen and oxygen atoms in total. The molecule has 2 rings (SSSR count). The van der Waals surface area contributed by atoms with Crippen molar-refractivity contribution in [1.29, 1.82) is 0 Å². The molecule has 0 saturated carbocycles. The maximum Gasteiger partial charge on any atom is 0.0406 e. The molecular weight excluding hydrogens is 263 g/mol. The Hall–Kier alpha value is -0.980. The quantitative estimate of drug-likeness (QED) is 0.629. The first-order chi connectivity index (χ1) is 8.74. The lowest BCUT2D eigenvalue weighted by Gasteiger charge is -2.03. The fourth-order valence-corrected chi connectivity index (χ4v) is 2.21. The molecule has 0 radical (unpaired) electrons. The molecule has 0 atom stereocenters. The van der Waals surface area contributed by atoms with E-state index in [2.05, 4.69) is 24.3 Å². The maximum atomic E-state index is 5.86. The highest BCUT2D eigenvalue weighted by atomic mass is 35.5. The fourth-order valence-electron chi connectivity index (χ4n) is 1.96. The highest BCUT2D eigenvalue weighted by molar-refractivity contribution is 6.30. The van der Waals surface area contributed by atoms with E-state index in [1.165, 1.54) is 24.0 Å². The standard InChI is InChI=1S/C16H16Cl2/c17-15-9-5-13(6-10-15)3-1-2-4-14-7-11-16(18)12-8-14/h5-12H,1-4H2. The average Bonchev–Trinajstić information content (AvgIpc) is 2.39. The summed E-state index contributed by atoms with van der Waals surface area (Å²) >= 11 is 11.7. The lowest BCUT2D eigenvalue weighted by atomic mass is 10.0. The third-order valence-corrected chi connectivity index (χ3v) is 3.51. The van der Waals surface area contributed by atoms with Crippen molar-refractivity contribution in [2.24, 2.45) is 0 Å². The van der Waals surface area contributed by atoms with E-state index >= 15 is 0 Å². The van der Waals surface area contributed by atoms with Crippen LogP contribution in [-0.2, 0) is 12.8 Å². The van der Waals surface area contributed by atoms with Gasteiger partial charge in [0.2, 0.25) is 0 Å². The van der Waals surface area contributed by atoms with Crippen LogP contribution < -0.4 is 0 Å². The van der Waals surface area contributed by atoms with Crippen LogP contribution in [0.4, 0.5) is 0 Å². The Balaban J connectivity index is 1.73. The number of aryl methyl sites for hydroxylation is 2. The molecule has 0 aromatic heterocycles. The molecule has 18 heavy (non-hydrogen) atoms. The van der Waals surface area contributed by atoms with Crippen molar-refractivity contribution < 1.29 is 0 Å². The predicted molar refractivity (Wildman–Crippen MR) is 79.5 cm³/mol. The Morgan fingerprint density at radius 1 is 0.556 bits per heavy atom. The molecule has 0 aliphatic rings. The van der Waals surface area contributed by atoms with Crippen LogP contribution in [0.1, 0.15) is 24.0 Å². The van der Waals surface area contributed by atoms with Crippen molar-refractivity contribution in [2.75, 3.05) is 0 Å². The van der Waals surface area contributed by atoms with Gasteiger partial charge in [0.15, 0.2) is 0 Å². The molecule has 0 aliphatic heterocycles. The topological polar surface area (TPSA) is 0 Å². The summed E-state index contributed by atoms with van der Waals surface area (Å²) in [5, 5.41) is 1.61. The molecule has 0 unspecified atom stereocenters. The second-order valence-corrected chi connectivity index (χ2v) is 5.33. The fraction of sp³-hybridized carbons (Fsp3) is 0.250. The van der Waals surface area contributed by atoms with E-state index in [9.17, 15) is 0 Å². The highest BCUT2D eigenvalue weighted by Gasteiger charge is 1.96. The number of rotatable bonds is 5. The second kappa shape index (κ2) is 6.82. The molecule has 0 bridgehead atoms. The lowest BCUT2D eigenvalue weighted by Crippen LogP contribution is -1.89. The summed E-state index contributed by atoms with van der Waals surface area (Å²) in [6.07, 6.45) is 4.63. The SMILES string of the molecule is Clc1ccc(CCCCc2ccc(Cl)cc2)cc1. The Bertz CT molecular complexity index is 424. The van der Waals surface area contributed by atoms with Crippen molar-refractivity contribution >= 4 is 23.2 Å². The molecule has 0 spiro atoms. The molecule has 0 heterocycles. The molecule has 2 aromatic carbocycles. The van der Waals surface area contributed by atoms with Gasteiger partial charge in [0.1, 0.15) is 0 Å². The van der Waals surface area contributed by atoms with Gasteiger partial charge in [-0.15, -0.1) is 0 Å². The van der Waals surface area contributed by atoms with Gasteiger partial charge in [0.25, 0.3) is 0 Å². The van der Waals surface area contributed by atoms with E-state index in [-0.39, 0.29) is 0 Å². The van der Waals surface area contributed by atoms with E-state index in [4.69, 9.17) is 23.2 Å². The monoisotopic (exact) mass is 278 g/mol. The summed E-state index contributed by atoms with van der Waals surface area (Å²) in [5.74, 6) is 0. The van der Waals surface area contributed by atoms with Crippen molar-refractivity contribution in [3.63, 3.8) is 0 Å². The minimum absolute atomic E-state index is 0.805. The Morgan fingerprint density at radius 3 is 1.22 bits per heavy atom. The minimum atomic E-state index is 0.805. The van der Waals surface area contributed by atoms with Crippen LogP contribution in [0.2, 0.25) is 10.0 Å². The van der Waals surface area contributed by atoms with Gasteiger partial charge < -0.3 is 0 Å². The van der Waals surface area contributed by atoms with Crippen LogP contribution >= 0.6 is 23.2 Å². The van der Waals surface area contributed by atoms with Crippen LogP contribution in [-0.4, -0.2) is 0 Å². The Kier molecular flexibility index (Phi) is 5.10. The van der Waals surface area contributed by atoms with Gasteiger partial charge in [0, 0.05) is 10.0 Å². The van der Waals surface area contributed by atoms with E-state index in [0.29, 0.717) is 0 Å². The Labute approximate surface area is 119 Å². The number of halogens is 2. The number of unbranched alkanes of at least 4 members (excludes halogenated alkanes) is 1. The zero-order valence-electron chi connectivity index (χ0n) is 10.2. The van der Waals surface area contributed by atoms with Crippen LogP contribution in [0.5, 0.6) is 0 Å². The third kappa shape index (κ3) is 4.36. The molecule has 0 N–H and O–H groups in total. The molecular formula is C16H16Cl2. The summed E-state index contributed by atoms with van der Waals surface area (Å²) in [5.41, 5.74) is 2.71. The molecule has 2 heteroatoms. The van der Waals surface area contributed by atoms with E-state index < -0.39 is 0 Å². The second-order valence-electron chi connectivity index (χ2n) is 4.46. The van der Waals surface area contributed by atoms with Crippen molar-refractivity contribution in [2.45, 2.75) is 25.7 Å². The molecule has 2 aromatic rings. The van der Waals surface area contributed by atoms with E-state index in [0.717, 1.165) is 22.9 Å². The predicted octanol–water partition coefficient (Wildman–Crippen LogP) is 5.56. The normalized spacial score (nSPS) is 10.6. The minimum Gasteiger partial charge on any atom is -0.0843 e. The maximum absolute atomic E-state index is 5.86. The first kappa shape index (κ1) is 13.5. The summed E-state index contributed by atoms with van der Waals surface area (Å²) in [6, 6.07) is 16.2. The first-order valence-electron chi connectivity index (χ1n) is 6.23. The molecule has 0 fully saturated rings. The summed E-state index contributed by atoms with van der Waals surface area (Å²) < 4.78 is 0. The van der Waals surface area contributed by atoms with E-state index in [1.54, 1.807) is 0 Å². The van der Waals surface area contributed by atoms with Crippen LogP contribution in [0.15, 0.2) is 48.5 Å². The summed E-state index contributed by atoms with van der Waals surface area (Å²) in [6.45, 7) is 0. The average molecular weight is 279 g/mol.